The molecular formula is C19H15F3N2O2S. The highest BCUT2D eigenvalue weighted by atomic mass is 32.1. The van der Waals surface area contributed by atoms with Crippen LogP contribution in [0.15, 0.2) is 58.7 Å². The van der Waals surface area contributed by atoms with Gasteiger partial charge in [0.15, 0.2) is 0 Å². The zero-order chi connectivity index (χ0) is 19.6. The van der Waals surface area contributed by atoms with Gasteiger partial charge in [-0.2, -0.15) is 13.2 Å². The number of aryl methyl sites for hydroxylation is 1. The van der Waals surface area contributed by atoms with Crippen molar-refractivity contribution in [2.75, 3.05) is 5.32 Å². The maximum Gasteiger partial charge on any atom is 0.416 e. The summed E-state index contributed by atoms with van der Waals surface area (Å²) >= 11 is 0.990. The summed E-state index contributed by atoms with van der Waals surface area (Å²) in [5.74, 6) is -0.495. The van der Waals surface area contributed by atoms with Crippen LogP contribution in [0, 0.1) is 6.92 Å². The van der Waals surface area contributed by atoms with Gasteiger partial charge in [-0.1, -0.05) is 35.6 Å². The zero-order valence-corrected chi connectivity index (χ0v) is 15.0. The number of nitrogens with zero attached hydrogens (tertiary/aromatic N) is 1. The van der Waals surface area contributed by atoms with Crippen LogP contribution in [-0.4, -0.2) is 10.5 Å². The Morgan fingerprint density at radius 3 is 2.41 bits per heavy atom. The first-order valence-electron chi connectivity index (χ1n) is 7.97. The third-order valence-electron chi connectivity index (χ3n) is 4.00. The van der Waals surface area contributed by atoms with Gasteiger partial charge in [0.25, 0.3) is 0 Å². The van der Waals surface area contributed by atoms with Crippen molar-refractivity contribution in [2.45, 2.75) is 19.6 Å². The van der Waals surface area contributed by atoms with E-state index in [9.17, 15) is 22.8 Å². The van der Waals surface area contributed by atoms with Gasteiger partial charge in [-0.05, 0) is 36.8 Å². The number of carbonyl (C=O) groups excluding carboxylic acids is 1. The molecule has 0 aliphatic carbocycles. The summed E-state index contributed by atoms with van der Waals surface area (Å²) in [4.78, 5) is 24.2. The second kappa shape index (κ2) is 7.40. The van der Waals surface area contributed by atoms with Gasteiger partial charge < -0.3 is 5.32 Å². The average Bonchev–Trinajstić information content (AvgIpc) is 2.95. The first-order valence-corrected chi connectivity index (χ1v) is 8.85. The van der Waals surface area contributed by atoms with Crippen molar-refractivity contribution in [3.05, 3.63) is 74.7 Å². The maximum atomic E-state index is 12.6. The van der Waals surface area contributed by atoms with Gasteiger partial charge in [-0.3, -0.25) is 14.2 Å². The quantitative estimate of drug-likeness (QED) is 0.709. The fourth-order valence-electron chi connectivity index (χ4n) is 2.64. The molecule has 0 spiro atoms. The molecule has 3 rings (SSSR count). The summed E-state index contributed by atoms with van der Waals surface area (Å²) in [6.07, 6.45) is -4.44. The van der Waals surface area contributed by atoms with Crippen molar-refractivity contribution in [3.8, 4) is 11.3 Å². The average molecular weight is 392 g/mol. The molecule has 140 valence electrons. The van der Waals surface area contributed by atoms with Crippen LogP contribution >= 0.6 is 11.3 Å². The van der Waals surface area contributed by atoms with Crippen LogP contribution in [0.1, 0.15) is 11.1 Å². The molecule has 2 aromatic carbocycles. The summed E-state index contributed by atoms with van der Waals surface area (Å²) in [6.45, 7) is 1.68. The summed E-state index contributed by atoms with van der Waals surface area (Å²) in [5, 5.41) is 4.21. The van der Waals surface area contributed by atoms with Crippen LogP contribution < -0.4 is 10.2 Å². The number of halogens is 3. The molecule has 0 saturated heterocycles. The van der Waals surface area contributed by atoms with E-state index in [0.717, 1.165) is 34.6 Å². The van der Waals surface area contributed by atoms with E-state index in [2.05, 4.69) is 5.32 Å². The van der Waals surface area contributed by atoms with E-state index in [0.29, 0.717) is 5.69 Å². The molecule has 1 heterocycles. The first kappa shape index (κ1) is 18.9. The Bertz CT molecular complexity index is 1020. The van der Waals surface area contributed by atoms with Gasteiger partial charge in [-0.25, -0.2) is 0 Å². The lowest BCUT2D eigenvalue weighted by Gasteiger charge is -2.11. The molecule has 0 aliphatic rings. The molecule has 0 bridgehead atoms. The maximum absolute atomic E-state index is 12.6. The largest absolute Gasteiger partial charge is 0.416 e. The number of alkyl halides is 3. The number of nitrogens with one attached hydrogen (secondary N) is 1. The topological polar surface area (TPSA) is 51.1 Å². The van der Waals surface area contributed by atoms with Crippen LogP contribution in [0.3, 0.4) is 0 Å². The lowest BCUT2D eigenvalue weighted by molar-refractivity contribution is -0.137. The third kappa shape index (κ3) is 4.28. The molecule has 1 amide bonds. The monoisotopic (exact) mass is 392 g/mol. The Labute approximate surface area is 156 Å². The predicted molar refractivity (Wildman–Crippen MR) is 98.8 cm³/mol. The van der Waals surface area contributed by atoms with Crippen LogP contribution in [0.2, 0.25) is 0 Å². The van der Waals surface area contributed by atoms with Crippen molar-refractivity contribution in [2.24, 2.45) is 0 Å². The molecule has 0 atom stereocenters. The van der Waals surface area contributed by atoms with Gasteiger partial charge in [0.2, 0.25) is 5.91 Å². The van der Waals surface area contributed by atoms with Gasteiger partial charge in [0.05, 0.1) is 11.3 Å². The van der Waals surface area contributed by atoms with E-state index in [1.807, 2.05) is 31.2 Å². The van der Waals surface area contributed by atoms with Crippen molar-refractivity contribution < 1.29 is 18.0 Å². The Morgan fingerprint density at radius 2 is 1.78 bits per heavy atom. The fourth-order valence-corrected chi connectivity index (χ4v) is 3.39. The lowest BCUT2D eigenvalue weighted by Crippen LogP contribution is -2.25. The number of benzene rings is 2. The summed E-state index contributed by atoms with van der Waals surface area (Å²) < 4.78 is 39.1. The van der Waals surface area contributed by atoms with E-state index in [1.54, 1.807) is 5.38 Å². The van der Waals surface area contributed by atoms with Crippen LogP contribution in [0.5, 0.6) is 0 Å². The van der Waals surface area contributed by atoms with Gasteiger partial charge in [0.1, 0.15) is 6.54 Å². The van der Waals surface area contributed by atoms with E-state index in [-0.39, 0.29) is 17.1 Å². The van der Waals surface area contributed by atoms with E-state index in [1.165, 1.54) is 16.7 Å². The molecular weight excluding hydrogens is 377 g/mol. The van der Waals surface area contributed by atoms with Gasteiger partial charge in [-0.15, -0.1) is 0 Å². The van der Waals surface area contributed by atoms with E-state index >= 15 is 0 Å². The molecule has 0 fully saturated rings. The number of anilines is 1. The molecule has 1 aromatic heterocycles. The fraction of sp³-hybridized carbons (Fsp3) is 0.158. The normalized spacial score (nSPS) is 11.4. The molecule has 4 nitrogen and oxygen atoms in total. The Morgan fingerprint density at radius 1 is 1.11 bits per heavy atom. The molecule has 0 radical (unpaired) electrons. The number of rotatable bonds is 4. The molecule has 8 heteroatoms. The van der Waals surface area contributed by atoms with E-state index in [4.69, 9.17) is 0 Å². The Kier molecular flexibility index (Phi) is 5.18. The number of hydrogen-bond acceptors (Lipinski definition) is 3. The molecule has 27 heavy (non-hydrogen) atoms. The number of thiazole rings is 1. The standard InChI is InChI=1S/C19H15F3N2O2S/c1-12-4-2-3-5-15(12)16-11-27-18(26)24(16)10-17(25)23-14-8-6-13(7-9-14)19(20,21)22/h2-9,11H,10H2,1H3,(H,23,25). The highest BCUT2D eigenvalue weighted by molar-refractivity contribution is 7.07. The number of amides is 1. The highest BCUT2D eigenvalue weighted by Gasteiger charge is 2.30. The summed E-state index contributed by atoms with van der Waals surface area (Å²) in [7, 11) is 0. The Balaban J connectivity index is 1.78. The van der Waals surface area contributed by atoms with Crippen molar-refractivity contribution in [1.82, 2.24) is 4.57 Å². The van der Waals surface area contributed by atoms with Crippen LogP contribution in [-0.2, 0) is 17.5 Å². The molecule has 0 aliphatic heterocycles. The second-order valence-corrected chi connectivity index (χ2v) is 6.73. The minimum absolute atomic E-state index is 0.229. The molecule has 3 aromatic rings. The number of carbonyl (C=O) groups is 1. The minimum Gasteiger partial charge on any atom is -0.325 e. The van der Waals surface area contributed by atoms with Gasteiger partial charge in [0, 0.05) is 16.6 Å². The predicted octanol–water partition coefficient (Wildman–Crippen LogP) is 4.54. The number of aromatic nitrogens is 1. The molecule has 1 N–H and O–H groups in total. The Hall–Kier alpha value is -2.87. The highest BCUT2D eigenvalue weighted by Crippen LogP contribution is 2.30. The minimum atomic E-state index is -4.44. The SMILES string of the molecule is Cc1ccccc1-c1csc(=O)n1CC(=O)Nc1ccc(C(F)(F)F)cc1. The lowest BCUT2D eigenvalue weighted by atomic mass is 10.1. The van der Waals surface area contributed by atoms with Crippen molar-refractivity contribution in [3.63, 3.8) is 0 Å². The number of hydrogen-bond donors (Lipinski definition) is 1. The molecule has 0 saturated carbocycles. The first-order chi connectivity index (χ1) is 12.8. The summed E-state index contributed by atoms with van der Waals surface area (Å²) in [6, 6.07) is 11.6. The van der Waals surface area contributed by atoms with Crippen molar-refractivity contribution in [1.29, 1.82) is 0 Å². The van der Waals surface area contributed by atoms with Crippen LogP contribution in [0.4, 0.5) is 18.9 Å². The van der Waals surface area contributed by atoms with Crippen molar-refractivity contribution >= 4 is 22.9 Å². The zero-order valence-electron chi connectivity index (χ0n) is 14.2. The smallest absolute Gasteiger partial charge is 0.325 e. The third-order valence-corrected chi connectivity index (χ3v) is 4.76. The van der Waals surface area contributed by atoms with Gasteiger partial charge >= 0.3 is 11.0 Å². The second-order valence-electron chi connectivity index (χ2n) is 5.91. The van der Waals surface area contributed by atoms with E-state index < -0.39 is 17.6 Å². The molecule has 0 unspecified atom stereocenters. The van der Waals surface area contributed by atoms with Crippen LogP contribution in [0.25, 0.3) is 11.3 Å². The summed E-state index contributed by atoms with van der Waals surface area (Å²) in [5.41, 5.74) is 1.88.